The minimum absolute atomic E-state index is 0.134. The number of nitrogens with zero attached hydrogens (tertiary/aromatic N) is 5. The van der Waals surface area contributed by atoms with E-state index in [0.717, 1.165) is 19.4 Å². The van der Waals surface area contributed by atoms with Crippen molar-refractivity contribution in [1.82, 2.24) is 14.6 Å². The van der Waals surface area contributed by atoms with Crippen molar-refractivity contribution < 1.29 is 9.66 Å². The van der Waals surface area contributed by atoms with E-state index in [4.69, 9.17) is 4.74 Å². The summed E-state index contributed by atoms with van der Waals surface area (Å²) in [7, 11) is 0. The first-order valence-corrected chi connectivity index (χ1v) is 8.97. The number of anilines is 1. The topological polar surface area (TPSA) is 85.8 Å². The number of aromatic nitrogens is 3. The lowest BCUT2D eigenvalue weighted by atomic mass is 10.2. The zero-order chi connectivity index (χ0) is 17.2. The van der Waals surface area contributed by atoms with Gasteiger partial charge < -0.3 is 19.8 Å². The van der Waals surface area contributed by atoms with Crippen LogP contribution >= 0.6 is 11.3 Å². The molecule has 4 heterocycles. The molecule has 25 heavy (non-hydrogen) atoms. The van der Waals surface area contributed by atoms with E-state index < -0.39 is 4.92 Å². The summed E-state index contributed by atoms with van der Waals surface area (Å²) in [6.45, 7) is 2.19. The lowest BCUT2D eigenvalue weighted by Crippen LogP contribution is -2.32. The molecule has 0 spiro atoms. The van der Waals surface area contributed by atoms with Crippen LogP contribution in [0.2, 0.25) is 0 Å². The van der Waals surface area contributed by atoms with Gasteiger partial charge in [0.1, 0.15) is 6.20 Å². The molecule has 1 atom stereocenters. The van der Waals surface area contributed by atoms with Gasteiger partial charge in [-0.2, -0.15) is 0 Å². The van der Waals surface area contributed by atoms with Crippen LogP contribution in [-0.4, -0.2) is 38.8 Å². The number of nitro groups is 1. The summed E-state index contributed by atoms with van der Waals surface area (Å²) < 4.78 is 7.05. The highest BCUT2D eigenvalue weighted by Crippen LogP contribution is 2.23. The van der Waals surface area contributed by atoms with E-state index in [0.29, 0.717) is 24.6 Å². The molecular formula is C16H17N5O3S. The average molecular weight is 359 g/mol. The van der Waals surface area contributed by atoms with Crippen molar-refractivity contribution in [1.29, 1.82) is 0 Å². The van der Waals surface area contributed by atoms with Crippen molar-refractivity contribution in [3.8, 4) is 0 Å². The maximum absolute atomic E-state index is 11.2. The number of imidazole rings is 1. The van der Waals surface area contributed by atoms with E-state index in [1.54, 1.807) is 17.4 Å². The van der Waals surface area contributed by atoms with Crippen LogP contribution in [0.15, 0.2) is 35.8 Å². The van der Waals surface area contributed by atoms with Crippen molar-refractivity contribution in [3.05, 3.63) is 50.8 Å². The van der Waals surface area contributed by atoms with Gasteiger partial charge in [0.2, 0.25) is 5.65 Å². The molecular weight excluding hydrogens is 342 g/mol. The quantitative estimate of drug-likeness (QED) is 0.497. The fourth-order valence-electron chi connectivity index (χ4n) is 3.01. The molecule has 3 aromatic heterocycles. The number of hydrogen-bond acceptors (Lipinski definition) is 7. The Bertz CT molecular complexity index is 873. The zero-order valence-corrected chi connectivity index (χ0v) is 14.3. The van der Waals surface area contributed by atoms with Crippen LogP contribution in [-0.2, 0) is 11.3 Å². The number of fused-ring (bicyclic) bond motifs is 1. The first-order chi connectivity index (χ1) is 12.2. The Morgan fingerprint density at radius 2 is 2.36 bits per heavy atom. The Kier molecular flexibility index (Phi) is 4.33. The maximum Gasteiger partial charge on any atom is 0.368 e. The lowest BCUT2D eigenvalue weighted by Gasteiger charge is -2.25. The van der Waals surface area contributed by atoms with Gasteiger partial charge in [-0.3, -0.25) is 0 Å². The summed E-state index contributed by atoms with van der Waals surface area (Å²) in [5.41, 5.74) is 0.462. The van der Waals surface area contributed by atoms with Crippen LogP contribution in [0, 0.1) is 10.1 Å². The molecule has 9 heteroatoms. The van der Waals surface area contributed by atoms with Crippen molar-refractivity contribution >= 4 is 28.6 Å². The van der Waals surface area contributed by atoms with Crippen LogP contribution in [0.25, 0.3) is 5.65 Å². The van der Waals surface area contributed by atoms with Crippen molar-refractivity contribution in [3.63, 3.8) is 0 Å². The first kappa shape index (κ1) is 16.0. The molecule has 8 nitrogen and oxygen atoms in total. The smallest absolute Gasteiger partial charge is 0.368 e. The van der Waals surface area contributed by atoms with Crippen LogP contribution in [0.4, 0.5) is 11.6 Å². The summed E-state index contributed by atoms with van der Waals surface area (Å²) in [5.74, 6) is 0.544. The molecule has 0 N–H and O–H groups in total. The SMILES string of the molecule is O=[N+]([O-])c1cnc2ccc(N(Cc3cccs3)CC3CCCO3)nn12. The Hall–Kier alpha value is -2.52. The molecule has 0 saturated carbocycles. The summed E-state index contributed by atoms with van der Waals surface area (Å²) in [5, 5.41) is 17.7. The van der Waals surface area contributed by atoms with Crippen LogP contribution in [0.3, 0.4) is 0 Å². The molecule has 1 unspecified atom stereocenters. The summed E-state index contributed by atoms with van der Waals surface area (Å²) >= 11 is 1.68. The monoisotopic (exact) mass is 359 g/mol. The molecule has 4 rings (SSSR count). The van der Waals surface area contributed by atoms with Crippen LogP contribution in [0.1, 0.15) is 17.7 Å². The third kappa shape index (κ3) is 3.33. The van der Waals surface area contributed by atoms with Crippen LogP contribution < -0.4 is 4.90 Å². The van der Waals surface area contributed by atoms with E-state index in [1.165, 1.54) is 15.6 Å². The zero-order valence-electron chi connectivity index (χ0n) is 13.4. The first-order valence-electron chi connectivity index (χ1n) is 8.09. The molecule has 130 valence electrons. The Labute approximate surface area is 147 Å². The number of thiophene rings is 1. The molecule has 1 saturated heterocycles. The maximum atomic E-state index is 11.2. The Morgan fingerprint density at radius 3 is 3.08 bits per heavy atom. The van der Waals surface area contributed by atoms with Gasteiger partial charge in [0.05, 0.1) is 12.6 Å². The lowest BCUT2D eigenvalue weighted by molar-refractivity contribution is -0.391. The largest absolute Gasteiger partial charge is 0.376 e. The fraction of sp³-hybridized carbons (Fsp3) is 0.375. The normalized spacial score (nSPS) is 17.2. The summed E-state index contributed by atoms with van der Waals surface area (Å²) in [6, 6.07) is 7.70. The van der Waals surface area contributed by atoms with Crippen LogP contribution in [0.5, 0.6) is 0 Å². The van der Waals surface area contributed by atoms with Crippen molar-refractivity contribution in [2.45, 2.75) is 25.5 Å². The molecule has 3 aromatic rings. The minimum atomic E-state index is -0.472. The van der Waals surface area contributed by atoms with Gasteiger partial charge in [-0.1, -0.05) is 15.7 Å². The van der Waals surface area contributed by atoms with Gasteiger partial charge in [-0.15, -0.1) is 11.3 Å². The van der Waals surface area contributed by atoms with E-state index >= 15 is 0 Å². The Balaban J connectivity index is 1.68. The standard InChI is InChI=1S/C16H17N5O3S/c22-21(23)16-9-17-14-5-6-15(18-20(14)16)19(10-12-3-1-7-24-12)11-13-4-2-8-25-13/h2,4-6,8-9,12H,1,3,7,10-11H2. The van der Waals surface area contributed by atoms with E-state index in [9.17, 15) is 10.1 Å². The molecule has 1 aliphatic rings. The van der Waals surface area contributed by atoms with Gasteiger partial charge in [-0.25, -0.2) is 4.98 Å². The number of ether oxygens (including phenoxy) is 1. The van der Waals surface area contributed by atoms with Gasteiger partial charge >= 0.3 is 5.82 Å². The van der Waals surface area contributed by atoms with Gasteiger partial charge in [0.25, 0.3) is 0 Å². The average Bonchev–Trinajstić information content (AvgIpc) is 3.35. The third-order valence-corrected chi connectivity index (χ3v) is 5.08. The highest BCUT2D eigenvalue weighted by molar-refractivity contribution is 7.09. The second-order valence-electron chi connectivity index (χ2n) is 5.93. The highest BCUT2D eigenvalue weighted by atomic mass is 32.1. The van der Waals surface area contributed by atoms with Crippen molar-refractivity contribution in [2.75, 3.05) is 18.1 Å². The second kappa shape index (κ2) is 6.77. The number of hydrogen-bond donors (Lipinski definition) is 0. The fourth-order valence-corrected chi connectivity index (χ4v) is 3.73. The minimum Gasteiger partial charge on any atom is -0.376 e. The molecule has 0 amide bonds. The molecule has 1 fully saturated rings. The third-order valence-electron chi connectivity index (χ3n) is 4.22. The molecule has 0 bridgehead atoms. The van der Waals surface area contributed by atoms with Gasteiger partial charge in [0.15, 0.2) is 5.82 Å². The van der Waals surface area contributed by atoms with Gasteiger partial charge in [-0.05, 0) is 35.3 Å². The second-order valence-corrected chi connectivity index (χ2v) is 6.96. The Morgan fingerprint density at radius 1 is 1.44 bits per heavy atom. The highest BCUT2D eigenvalue weighted by Gasteiger charge is 2.23. The van der Waals surface area contributed by atoms with Crippen molar-refractivity contribution in [2.24, 2.45) is 0 Å². The predicted octanol–water partition coefficient (Wildman–Crippen LogP) is 2.88. The molecule has 0 radical (unpaired) electrons. The van der Waals surface area contributed by atoms with E-state index in [2.05, 4.69) is 21.0 Å². The summed E-state index contributed by atoms with van der Waals surface area (Å²) in [4.78, 5) is 18.1. The van der Waals surface area contributed by atoms with E-state index in [-0.39, 0.29) is 11.9 Å². The number of rotatable bonds is 6. The predicted molar refractivity (Wildman–Crippen MR) is 94.0 cm³/mol. The molecule has 0 aliphatic carbocycles. The molecule has 1 aliphatic heterocycles. The molecule has 0 aromatic carbocycles. The van der Waals surface area contributed by atoms with Gasteiger partial charge in [0, 0.05) is 24.1 Å². The summed E-state index contributed by atoms with van der Waals surface area (Å²) in [6.07, 6.45) is 3.48. The van der Waals surface area contributed by atoms with E-state index in [1.807, 2.05) is 17.5 Å².